The number of benzene rings is 2. The molecule has 2 aromatic carbocycles. The van der Waals surface area contributed by atoms with Gasteiger partial charge in [-0.05, 0) is 56.3 Å². The van der Waals surface area contributed by atoms with Gasteiger partial charge in [0.05, 0.1) is 24.8 Å². The van der Waals surface area contributed by atoms with Crippen molar-refractivity contribution in [1.82, 2.24) is 5.16 Å². The number of sulfonamides is 1. The fourth-order valence-electron chi connectivity index (χ4n) is 2.71. The van der Waals surface area contributed by atoms with E-state index in [1.165, 1.54) is 37.5 Å². The van der Waals surface area contributed by atoms with E-state index >= 15 is 0 Å². The Morgan fingerprint density at radius 3 is 2.38 bits per heavy atom. The van der Waals surface area contributed by atoms with E-state index in [9.17, 15) is 13.2 Å². The van der Waals surface area contributed by atoms with E-state index in [1.54, 1.807) is 45.2 Å². The maximum Gasteiger partial charge on any atom is 0.264 e. The molecule has 0 radical (unpaired) electrons. The Bertz CT molecular complexity index is 1250. The average Bonchev–Trinajstić information content (AvgIpc) is 3.09. The van der Waals surface area contributed by atoms with Gasteiger partial charge in [-0.2, -0.15) is 0 Å². The minimum absolute atomic E-state index is 0.0162. The van der Waals surface area contributed by atoms with Crippen LogP contribution in [0.4, 0.5) is 11.6 Å². The molecule has 0 atom stereocenters. The molecular weight excluding hydrogens is 434 g/mol. The number of hydrogen-bond acceptors (Lipinski definition) is 7. The Morgan fingerprint density at radius 2 is 1.78 bits per heavy atom. The SMILES string of the molecule is COc1ccc(C=CC(=O)Nc2ccc(S(=O)(=O)Nc3onc(C)c3C)cc2)c(OC)c1. The Balaban J connectivity index is 1.67. The van der Waals surface area contributed by atoms with Crippen LogP contribution in [-0.2, 0) is 14.8 Å². The summed E-state index contributed by atoms with van der Waals surface area (Å²) in [5.41, 5.74) is 2.35. The number of hydrogen-bond donors (Lipinski definition) is 2. The van der Waals surface area contributed by atoms with E-state index in [-0.39, 0.29) is 16.7 Å². The zero-order chi connectivity index (χ0) is 23.3. The molecule has 0 aliphatic heterocycles. The number of aromatic nitrogens is 1. The molecule has 1 heterocycles. The van der Waals surface area contributed by atoms with Crippen LogP contribution in [0.5, 0.6) is 11.5 Å². The first-order valence-electron chi connectivity index (χ1n) is 9.50. The van der Waals surface area contributed by atoms with Crippen LogP contribution >= 0.6 is 0 Å². The van der Waals surface area contributed by atoms with E-state index < -0.39 is 10.0 Å². The third-order valence-electron chi connectivity index (χ3n) is 4.67. The van der Waals surface area contributed by atoms with Crippen molar-refractivity contribution in [3.8, 4) is 11.5 Å². The molecule has 32 heavy (non-hydrogen) atoms. The van der Waals surface area contributed by atoms with Crippen LogP contribution in [0, 0.1) is 13.8 Å². The number of carbonyl (C=O) groups excluding carboxylic acids is 1. The molecule has 3 rings (SSSR count). The molecule has 0 unspecified atom stereocenters. The molecule has 0 fully saturated rings. The zero-order valence-electron chi connectivity index (χ0n) is 18.0. The molecular formula is C22H23N3O6S. The molecule has 0 aliphatic rings. The summed E-state index contributed by atoms with van der Waals surface area (Å²) in [7, 11) is -0.777. The van der Waals surface area contributed by atoms with E-state index in [0.717, 1.165) is 0 Å². The number of methoxy groups -OCH3 is 2. The van der Waals surface area contributed by atoms with E-state index in [2.05, 4.69) is 15.2 Å². The van der Waals surface area contributed by atoms with Crippen LogP contribution in [0.15, 0.2) is 58.0 Å². The van der Waals surface area contributed by atoms with Gasteiger partial charge >= 0.3 is 0 Å². The highest BCUT2D eigenvalue weighted by molar-refractivity contribution is 7.92. The molecule has 1 amide bonds. The summed E-state index contributed by atoms with van der Waals surface area (Å²) in [6.45, 7) is 3.42. The maximum absolute atomic E-state index is 12.5. The number of amides is 1. The lowest BCUT2D eigenvalue weighted by Crippen LogP contribution is -2.13. The highest BCUT2D eigenvalue weighted by Gasteiger charge is 2.19. The van der Waals surface area contributed by atoms with Crippen molar-refractivity contribution in [3.63, 3.8) is 0 Å². The van der Waals surface area contributed by atoms with Gasteiger partial charge in [0.25, 0.3) is 10.0 Å². The molecule has 168 valence electrons. The standard InChI is InChI=1S/C22H23N3O6S/c1-14-15(2)24-31-22(14)25-32(27,28)19-10-7-17(8-11-19)23-21(26)12-6-16-5-9-18(29-3)13-20(16)30-4/h5-13,25H,1-4H3,(H,23,26). The molecule has 0 bridgehead atoms. The van der Waals surface area contributed by atoms with Crippen LogP contribution in [0.25, 0.3) is 6.08 Å². The molecule has 2 N–H and O–H groups in total. The minimum Gasteiger partial charge on any atom is -0.497 e. The van der Waals surface area contributed by atoms with Crippen molar-refractivity contribution >= 4 is 33.6 Å². The van der Waals surface area contributed by atoms with Gasteiger partial charge in [0.2, 0.25) is 11.8 Å². The molecule has 1 aromatic heterocycles. The van der Waals surface area contributed by atoms with Crippen molar-refractivity contribution in [1.29, 1.82) is 0 Å². The normalized spacial score (nSPS) is 11.4. The first kappa shape index (κ1) is 22.9. The maximum atomic E-state index is 12.5. The van der Waals surface area contributed by atoms with Crippen LogP contribution in [-0.4, -0.2) is 33.7 Å². The van der Waals surface area contributed by atoms with Crippen molar-refractivity contribution in [2.24, 2.45) is 0 Å². The van der Waals surface area contributed by atoms with Crippen molar-refractivity contribution in [3.05, 3.63) is 65.4 Å². The predicted octanol–water partition coefficient (Wildman–Crippen LogP) is 3.76. The van der Waals surface area contributed by atoms with Crippen LogP contribution in [0.1, 0.15) is 16.8 Å². The summed E-state index contributed by atoms with van der Waals surface area (Å²) in [6, 6.07) is 11.0. The van der Waals surface area contributed by atoms with Crippen LogP contribution in [0.3, 0.4) is 0 Å². The Labute approximate surface area is 186 Å². The van der Waals surface area contributed by atoms with E-state index in [0.29, 0.717) is 34.0 Å². The van der Waals surface area contributed by atoms with Crippen molar-refractivity contribution in [2.75, 3.05) is 24.3 Å². The summed E-state index contributed by atoms with van der Waals surface area (Å²) in [4.78, 5) is 12.3. The molecule has 0 spiro atoms. The Morgan fingerprint density at radius 1 is 1.06 bits per heavy atom. The van der Waals surface area contributed by atoms with Gasteiger partial charge in [0, 0.05) is 29.0 Å². The fraction of sp³-hybridized carbons (Fsp3) is 0.182. The van der Waals surface area contributed by atoms with Gasteiger partial charge in [-0.15, -0.1) is 0 Å². The molecule has 0 saturated heterocycles. The van der Waals surface area contributed by atoms with Crippen LogP contribution in [0.2, 0.25) is 0 Å². The molecule has 10 heteroatoms. The Hall–Kier alpha value is -3.79. The third kappa shape index (κ3) is 5.27. The molecule has 3 aromatic rings. The average molecular weight is 458 g/mol. The van der Waals surface area contributed by atoms with Gasteiger partial charge < -0.3 is 19.3 Å². The summed E-state index contributed by atoms with van der Waals surface area (Å²) in [6.07, 6.45) is 2.96. The number of anilines is 2. The van der Waals surface area contributed by atoms with Gasteiger partial charge in [0.15, 0.2) is 0 Å². The zero-order valence-corrected chi connectivity index (χ0v) is 18.8. The predicted molar refractivity (Wildman–Crippen MR) is 120 cm³/mol. The van der Waals surface area contributed by atoms with Crippen LogP contribution < -0.4 is 19.5 Å². The number of nitrogens with zero attached hydrogens (tertiary/aromatic N) is 1. The van der Waals surface area contributed by atoms with Crippen molar-refractivity contribution in [2.45, 2.75) is 18.7 Å². The molecule has 0 aliphatic carbocycles. The lowest BCUT2D eigenvalue weighted by Gasteiger charge is -2.08. The quantitative estimate of drug-likeness (QED) is 0.494. The third-order valence-corrected chi connectivity index (χ3v) is 6.02. The highest BCUT2D eigenvalue weighted by atomic mass is 32.2. The first-order chi connectivity index (χ1) is 15.2. The van der Waals surface area contributed by atoms with Gasteiger partial charge in [-0.25, -0.2) is 13.1 Å². The van der Waals surface area contributed by atoms with Crippen molar-refractivity contribution < 1.29 is 27.2 Å². The number of nitrogens with one attached hydrogen (secondary N) is 2. The number of rotatable bonds is 8. The smallest absolute Gasteiger partial charge is 0.264 e. The minimum atomic E-state index is -3.86. The number of carbonyl (C=O) groups is 1. The first-order valence-corrected chi connectivity index (χ1v) is 11.0. The summed E-state index contributed by atoms with van der Waals surface area (Å²) >= 11 is 0. The van der Waals surface area contributed by atoms with E-state index in [1.807, 2.05) is 0 Å². The second kappa shape index (κ2) is 9.56. The van der Waals surface area contributed by atoms with Gasteiger partial charge in [-0.1, -0.05) is 5.16 Å². The van der Waals surface area contributed by atoms with E-state index in [4.69, 9.17) is 14.0 Å². The topological polar surface area (TPSA) is 120 Å². The lowest BCUT2D eigenvalue weighted by atomic mass is 10.1. The fourth-order valence-corrected chi connectivity index (χ4v) is 3.76. The Kier molecular flexibility index (Phi) is 6.84. The second-order valence-electron chi connectivity index (χ2n) is 6.78. The van der Waals surface area contributed by atoms with Gasteiger partial charge in [0.1, 0.15) is 11.5 Å². The summed E-state index contributed by atoms with van der Waals surface area (Å²) in [5.74, 6) is 0.887. The molecule has 9 nitrogen and oxygen atoms in total. The number of ether oxygens (including phenoxy) is 2. The largest absolute Gasteiger partial charge is 0.497 e. The number of aryl methyl sites for hydroxylation is 1. The molecule has 0 saturated carbocycles. The second-order valence-corrected chi connectivity index (χ2v) is 8.46. The highest BCUT2D eigenvalue weighted by Crippen LogP contribution is 2.26. The monoisotopic (exact) mass is 457 g/mol. The summed E-state index contributed by atoms with van der Waals surface area (Å²) in [5, 5.41) is 6.41. The summed E-state index contributed by atoms with van der Waals surface area (Å²) < 4.78 is 42.9. The lowest BCUT2D eigenvalue weighted by molar-refractivity contribution is -0.111. The van der Waals surface area contributed by atoms with Gasteiger partial charge in [-0.3, -0.25) is 4.79 Å².